The standard InChI is InChI=1S/C16H18N2O2/c1-18-12-8-4-3-7-11(12)14-13(18)15(19)17-16(20-14)9-5-2-6-10-16/h3-4,7-8H,2,5-6,9-10H2,1H3,(H,17,19). The molecule has 2 aromatic rings. The second kappa shape index (κ2) is 4.01. The number of carbonyl (C=O) groups is 1. The SMILES string of the molecule is Cn1c2c(c3ccccc31)OC1(CCCCC1)NC2=O. The van der Waals surface area contributed by atoms with Gasteiger partial charge < -0.3 is 14.6 Å². The number of nitrogens with one attached hydrogen (secondary N) is 1. The molecule has 1 N–H and O–H groups in total. The van der Waals surface area contributed by atoms with E-state index in [-0.39, 0.29) is 5.91 Å². The lowest BCUT2D eigenvalue weighted by Gasteiger charge is -2.41. The molecule has 4 nitrogen and oxygen atoms in total. The molecule has 4 heteroatoms. The summed E-state index contributed by atoms with van der Waals surface area (Å²) < 4.78 is 8.24. The number of hydrogen-bond acceptors (Lipinski definition) is 2. The Morgan fingerprint density at radius 2 is 1.95 bits per heavy atom. The number of carbonyl (C=O) groups excluding carboxylic acids is 1. The molecule has 0 bridgehead atoms. The maximum Gasteiger partial charge on any atom is 0.274 e. The van der Waals surface area contributed by atoms with Crippen LogP contribution in [-0.4, -0.2) is 16.2 Å². The van der Waals surface area contributed by atoms with Crippen LogP contribution >= 0.6 is 0 Å². The van der Waals surface area contributed by atoms with Gasteiger partial charge in [0.2, 0.25) is 0 Å². The average Bonchev–Trinajstić information content (AvgIpc) is 2.74. The number of fused-ring (bicyclic) bond motifs is 3. The van der Waals surface area contributed by atoms with E-state index in [0.717, 1.165) is 42.3 Å². The molecule has 0 unspecified atom stereocenters. The lowest BCUT2D eigenvalue weighted by Crippen LogP contribution is -2.57. The van der Waals surface area contributed by atoms with Crippen LogP contribution in [0.25, 0.3) is 10.9 Å². The highest BCUT2D eigenvalue weighted by molar-refractivity contribution is 6.05. The third kappa shape index (κ3) is 1.51. The first kappa shape index (κ1) is 11.8. The van der Waals surface area contributed by atoms with Crippen molar-refractivity contribution in [3.05, 3.63) is 30.0 Å². The average molecular weight is 270 g/mol. The summed E-state index contributed by atoms with van der Waals surface area (Å²) in [5, 5.41) is 4.14. The molecule has 0 saturated heterocycles. The molecule has 4 rings (SSSR count). The van der Waals surface area contributed by atoms with Crippen LogP contribution in [0, 0.1) is 0 Å². The van der Waals surface area contributed by atoms with Gasteiger partial charge in [-0.2, -0.15) is 0 Å². The van der Waals surface area contributed by atoms with Crippen molar-refractivity contribution in [2.45, 2.75) is 37.8 Å². The van der Waals surface area contributed by atoms with Gasteiger partial charge in [-0.3, -0.25) is 4.79 Å². The fraction of sp³-hybridized carbons (Fsp3) is 0.438. The van der Waals surface area contributed by atoms with Crippen LogP contribution in [-0.2, 0) is 7.05 Å². The molecule has 1 fully saturated rings. The smallest absolute Gasteiger partial charge is 0.274 e. The Hall–Kier alpha value is -1.97. The Balaban J connectivity index is 1.91. The Kier molecular flexibility index (Phi) is 2.37. The van der Waals surface area contributed by atoms with Gasteiger partial charge in [0, 0.05) is 25.3 Å². The minimum absolute atomic E-state index is 0.00755. The predicted molar refractivity (Wildman–Crippen MR) is 76.8 cm³/mol. The third-order valence-electron chi connectivity index (χ3n) is 4.58. The Bertz CT molecular complexity index is 696. The van der Waals surface area contributed by atoms with E-state index in [1.54, 1.807) is 0 Å². The molecule has 1 saturated carbocycles. The molecule has 1 aliphatic heterocycles. The second-order valence-corrected chi connectivity index (χ2v) is 5.87. The van der Waals surface area contributed by atoms with Crippen LogP contribution in [0.15, 0.2) is 24.3 Å². The maximum absolute atomic E-state index is 12.5. The summed E-state index contributed by atoms with van der Waals surface area (Å²) in [6.07, 6.45) is 5.26. The molecule has 0 radical (unpaired) electrons. The summed E-state index contributed by atoms with van der Waals surface area (Å²) in [5.41, 5.74) is 1.20. The highest BCUT2D eigenvalue weighted by Crippen LogP contribution is 2.41. The molecule has 2 aliphatic rings. The Labute approximate surface area is 117 Å². The zero-order valence-electron chi connectivity index (χ0n) is 11.6. The van der Waals surface area contributed by atoms with E-state index in [4.69, 9.17) is 4.74 Å². The van der Waals surface area contributed by atoms with Crippen molar-refractivity contribution in [1.29, 1.82) is 0 Å². The summed E-state index contributed by atoms with van der Waals surface area (Å²) in [5.74, 6) is 0.751. The Morgan fingerprint density at radius 3 is 2.75 bits per heavy atom. The van der Waals surface area contributed by atoms with Crippen molar-refractivity contribution in [1.82, 2.24) is 9.88 Å². The summed E-state index contributed by atoms with van der Waals surface area (Å²) >= 11 is 0. The van der Waals surface area contributed by atoms with Crippen LogP contribution in [0.5, 0.6) is 5.75 Å². The number of benzene rings is 1. The zero-order valence-corrected chi connectivity index (χ0v) is 11.6. The zero-order chi connectivity index (χ0) is 13.7. The number of rotatable bonds is 0. The van der Waals surface area contributed by atoms with Crippen LogP contribution in [0.4, 0.5) is 0 Å². The summed E-state index contributed by atoms with van der Waals surface area (Å²) in [4.78, 5) is 12.5. The number of ether oxygens (including phenoxy) is 1. The van der Waals surface area contributed by atoms with Crippen LogP contribution in [0.2, 0.25) is 0 Å². The van der Waals surface area contributed by atoms with Crippen molar-refractivity contribution in [3.8, 4) is 5.75 Å². The van der Waals surface area contributed by atoms with Gasteiger partial charge in [-0.05, 0) is 25.0 Å². The van der Waals surface area contributed by atoms with Gasteiger partial charge in [0.15, 0.2) is 17.2 Å². The van der Waals surface area contributed by atoms with Crippen LogP contribution in [0.3, 0.4) is 0 Å². The fourth-order valence-corrected chi connectivity index (χ4v) is 3.55. The number of amides is 1. The topological polar surface area (TPSA) is 43.3 Å². The van der Waals surface area contributed by atoms with Crippen molar-refractivity contribution < 1.29 is 9.53 Å². The van der Waals surface area contributed by atoms with Crippen molar-refractivity contribution in [2.24, 2.45) is 7.05 Å². The van der Waals surface area contributed by atoms with E-state index in [9.17, 15) is 4.79 Å². The monoisotopic (exact) mass is 270 g/mol. The first-order valence-electron chi connectivity index (χ1n) is 7.29. The molecule has 1 aliphatic carbocycles. The highest BCUT2D eigenvalue weighted by Gasteiger charge is 2.43. The maximum atomic E-state index is 12.5. The quantitative estimate of drug-likeness (QED) is 0.799. The first-order chi connectivity index (χ1) is 9.70. The number of hydrogen-bond donors (Lipinski definition) is 1. The molecular formula is C16H18N2O2. The molecule has 1 aromatic carbocycles. The third-order valence-corrected chi connectivity index (χ3v) is 4.58. The minimum Gasteiger partial charge on any atom is -0.465 e. The van der Waals surface area contributed by atoms with Crippen molar-refractivity contribution in [3.63, 3.8) is 0 Å². The number of aryl methyl sites for hydroxylation is 1. The number of nitrogens with zero attached hydrogens (tertiary/aromatic N) is 1. The van der Waals surface area contributed by atoms with E-state index in [2.05, 4.69) is 5.32 Å². The molecule has 2 heterocycles. The van der Waals surface area contributed by atoms with Gasteiger partial charge >= 0.3 is 0 Å². The molecule has 1 spiro atoms. The van der Waals surface area contributed by atoms with E-state index < -0.39 is 5.72 Å². The first-order valence-corrected chi connectivity index (χ1v) is 7.29. The molecular weight excluding hydrogens is 252 g/mol. The summed E-state index contributed by atoms with van der Waals surface area (Å²) in [6.45, 7) is 0. The lowest BCUT2D eigenvalue weighted by atomic mass is 9.90. The van der Waals surface area contributed by atoms with Gasteiger partial charge in [-0.25, -0.2) is 0 Å². The van der Waals surface area contributed by atoms with E-state index >= 15 is 0 Å². The van der Waals surface area contributed by atoms with Crippen LogP contribution < -0.4 is 10.1 Å². The number of para-hydroxylation sites is 1. The minimum atomic E-state index is -0.480. The van der Waals surface area contributed by atoms with Crippen LogP contribution in [0.1, 0.15) is 42.6 Å². The Morgan fingerprint density at radius 1 is 1.20 bits per heavy atom. The van der Waals surface area contributed by atoms with E-state index in [0.29, 0.717) is 5.69 Å². The molecule has 1 amide bonds. The van der Waals surface area contributed by atoms with Gasteiger partial charge in [0.1, 0.15) is 0 Å². The molecule has 0 atom stereocenters. The largest absolute Gasteiger partial charge is 0.465 e. The summed E-state index contributed by atoms with van der Waals surface area (Å²) in [7, 11) is 1.92. The van der Waals surface area contributed by atoms with Gasteiger partial charge in [0.25, 0.3) is 5.91 Å². The lowest BCUT2D eigenvalue weighted by molar-refractivity contribution is -0.00819. The summed E-state index contributed by atoms with van der Waals surface area (Å²) in [6, 6.07) is 8.04. The fourth-order valence-electron chi connectivity index (χ4n) is 3.55. The second-order valence-electron chi connectivity index (χ2n) is 5.87. The van der Waals surface area contributed by atoms with E-state index in [1.807, 2.05) is 35.9 Å². The van der Waals surface area contributed by atoms with Crippen molar-refractivity contribution in [2.75, 3.05) is 0 Å². The molecule has 20 heavy (non-hydrogen) atoms. The number of aromatic nitrogens is 1. The van der Waals surface area contributed by atoms with Gasteiger partial charge in [0.05, 0.1) is 5.52 Å². The van der Waals surface area contributed by atoms with Gasteiger partial charge in [-0.1, -0.05) is 18.6 Å². The normalized spacial score (nSPS) is 20.6. The van der Waals surface area contributed by atoms with Gasteiger partial charge in [-0.15, -0.1) is 0 Å². The van der Waals surface area contributed by atoms with Crippen molar-refractivity contribution >= 4 is 16.8 Å². The molecule has 104 valence electrons. The van der Waals surface area contributed by atoms with E-state index in [1.165, 1.54) is 6.42 Å². The predicted octanol–water partition coefficient (Wildman–Crippen LogP) is 2.96. The molecule has 1 aromatic heterocycles. The highest BCUT2D eigenvalue weighted by atomic mass is 16.5.